The fourth-order valence-electron chi connectivity index (χ4n) is 2.66. The molecule has 1 atom stereocenters. The molecule has 1 amide bonds. The number of amides is 1. The van der Waals surface area contributed by atoms with Crippen LogP contribution in [0.4, 0.5) is 5.69 Å². The normalized spacial score (nSPS) is 16.7. The van der Waals surface area contributed by atoms with E-state index in [2.05, 4.69) is 15.6 Å². The lowest BCUT2D eigenvalue weighted by Gasteiger charge is -2.22. The van der Waals surface area contributed by atoms with E-state index in [1.807, 2.05) is 0 Å². The number of thiazole rings is 1. The number of halogens is 1. The highest BCUT2D eigenvalue weighted by molar-refractivity contribution is 7.13. The summed E-state index contributed by atoms with van der Waals surface area (Å²) >= 11 is 1.35. The van der Waals surface area contributed by atoms with E-state index in [0.29, 0.717) is 23.2 Å². The van der Waals surface area contributed by atoms with Crippen LogP contribution < -0.4 is 10.6 Å². The quantitative estimate of drug-likeness (QED) is 0.612. The Bertz CT molecular complexity index is 729. The Morgan fingerprint density at radius 1 is 1.40 bits per heavy atom. The van der Waals surface area contributed by atoms with Crippen molar-refractivity contribution in [2.45, 2.75) is 12.8 Å². The number of non-ortho nitro benzene ring substituents is 1. The van der Waals surface area contributed by atoms with Gasteiger partial charge in [0.25, 0.3) is 11.6 Å². The van der Waals surface area contributed by atoms with E-state index in [9.17, 15) is 14.9 Å². The molecule has 1 saturated heterocycles. The highest BCUT2D eigenvalue weighted by Gasteiger charge is 2.16. The highest BCUT2D eigenvalue weighted by Crippen LogP contribution is 2.25. The molecule has 2 N–H and O–H groups in total. The van der Waals surface area contributed by atoms with Gasteiger partial charge >= 0.3 is 0 Å². The summed E-state index contributed by atoms with van der Waals surface area (Å²) in [7, 11) is 0. The molecule has 1 aromatic heterocycles. The predicted molar refractivity (Wildman–Crippen MR) is 99.4 cm³/mol. The Kier molecular flexibility index (Phi) is 6.86. The summed E-state index contributed by atoms with van der Waals surface area (Å²) in [5.41, 5.74) is 1.19. The number of nitro groups is 1. The number of hydrogen-bond acceptors (Lipinski definition) is 6. The minimum absolute atomic E-state index is 0. The minimum Gasteiger partial charge on any atom is -0.350 e. The van der Waals surface area contributed by atoms with Crippen molar-refractivity contribution >= 4 is 35.3 Å². The van der Waals surface area contributed by atoms with Gasteiger partial charge in [-0.2, -0.15) is 0 Å². The zero-order valence-corrected chi connectivity index (χ0v) is 15.1. The molecule has 0 spiro atoms. The maximum absolute atomic E-state index is 12.2. The number of nitrogens with zero attached hydrogens (tertiary/aromatic N) is 2. The zero-order valence-electron chi connectivity index (χ0n) is 13.4. The molecule has 25 heavy (non-hydrogen) atoms. The molecule has 134 valence electrons. The Balaban J connectivity index is 0.00000225. The van der Waals surface area contributed by atoms with Crippen LogP contribution in [0.2, 0.25) is 0 Å². The van der Waals surface area contributed by atoms with Crippen LogP contribution in [0.1, 0.15) is 23.3 Å². The van der Waals surface area contributed by atoms with E-state index in [-0.39, 0.29) is 24.0 Å². The number of piperidine rings is 1. The molecular weight excluding hydrogens is 364 g/mol. The van der Waals surface area contributed by atoms with E-state index in [1.165, 1.54) is 23.5 Å². The number of nitro benzene ring substituents is 1. The Morgan fingerprint density at radius 2 is 2.16 bits per heavy atom. The lowest BCUT2D eigenvalue weighted by molar-refractivity contribution is -0.384. The number of aromatic nitrogens is 1. The summed E-state index contributed by atoms with van der Waals surface area (Å²) in [6.45, 7) is 2.64. The molecule has 7 nitrogen and oxygen atoms in total. The Hall–Kier alpha value is -2.03. The molecule has 0 saturated carbocycles. The number of rotatable bonds is 5. The largest absolute Gasteiger partial charge is 0.350 e. The van der Waals surface area contributed by atoms with Crippen LogP contribution in [0.5, 0.6) is 0 Å². The van der Waals surface area contributed by atoms with Gasteiger partial charge in [-0.15, -0.1) is 23.7 Å². The van der Waals surface area contributed by atoms with Gasteiger partial charge in [0, 0.05) is 29.6 Å². The molecule has 0 radical (unpaired) electrons. The third-order valence-corrected chi connectivity index (χ3v) is 4.90. The van der Waals surface area contributed by atoms with Crippen molar-refractivity contribution in [1.82, 2.24) is 15.6 Å². The molecule has 2 heterocycles. The standard InChI is InChI=1S/C16H18N4O3S.ClH/c21-15(18-9-11-2-1-7-17-8-11)14-10-24-16(19-14)12-3-5-13(6-4-12)20(22)23;/h3-6,10-11,17H,1-2,7-9H2,(H,18,21);1H. The van der Waals surface area contributed by atoms with Gasteiger partial charge in [0.15, 0.2) is 0 Å². The first-order valence-corrected chi connectivity index (χ1v) is 8.71. The zero-order chi connectivity index (χ0) is 16.9. The average Bonchev–Trinajstić information content (AvgIpc) is 3.11. The molecule has 1 fully saturated rings. The summed E-state index contributed by atoms with van der Waals surface area (Å²) in [5.74, 6) is 0.292. The summed E-state index contributed by atoms with van der Waals surface area (Å²) in [4.78, 5) is 26.8. The van der Waals surface area contributed by atoms with Crippen molar-refractivity contribution in [3.63, 3.8) is 0 Å². The van der Waals surface area contributed by atoms with Gasteiger partial charge in [-0.3, -0.25) is 14.9 Å². The maximum Gasteiger partial charge on any atom is 0.270 e. The maximum atomic E-state index is 12.2. The molecule has 2 aromatic rings. The van der Waals surface area contributed by atoms with E-state index < -0.39 is 4.92 Å². The second kappa shape index (κ2) is 8.89. The third-order valence-electron chi connectivity index (χ3n) is 4.01. The van der Waals surface area contributed by atoms with Gasteiger partial charge in [-0.25, -0.2) is 4.98 Å². The molecule has 9 heteroatoms. The van der Waals surface area contributed by atoms with Crippen LogP contribution in [-0.2, 0) is 0 Å². The first kappa shape index (κ1) is 19.3. The lowest BCUT2D eigenvalue weighted by Crippen LogP contribution is -2.38. The van der Waals surface area contributed by atoms with Gasteiger partial charge in [-0.1, -0.05) is 0 Å². The molecular formula is C16H19ClN4O3S. The molecule has 0 aliphatic carbocycles. The van der Waals surface area contributed by atoms with Gasteiger partial charge in [-0.05, 0) is 44.0 Å². The van der Waals surface area contributed by atoms with Crippen LogP contribution in [0.15, 0.2) is 29.6 Å². The minimum atomic E-state index is -0.440. The first-order valence-electron chi connectivity index (χ1n) is 7.83. The fraction of sp³-hybridized carbons (Fsp3) is 0.375. The van der Waals surface area contributed by atoms with Gasteiger partial charge in [0.05, 0.1) is 4.92 Å². The van der Waals surface area contributed by atoms with Crippen molar-refractivity contribution in [3.05, 3.63) is 45.5 Å². The number of benzene rings is 1. The van der Waals surface area contributed by atoms with Gasteiger partial charge in [0.2, 0.25) is 0 Å². The second-order valence-electron chi connectivity index (χ2n) is 5.76. The average molecular weight is 383 g/mol. The van der Waals surface area contributed by atoms with Crippen LogP contribution >= 0.6 is 23.7 Å². The Labute approximate surface area is 155 Å². The SMILES string of the molecule is Cl.O=C(NCC1CCCNC1)c1csc(-c2ccc([N+](=O)[O-])cc2)n1. The fourth-order valence-corrected chi connectivity index (χ4v) is 3.47. The molecule has 1 aromatic carbocycles. The van der Waals surface area contributed by atoms with Crippen LogP contribution in [0.25, 0.3) is 10.6 Å². The van der Waals surface area contributed by atoms with E-state index >= 15 is 0 Å². The summed E-state index contributed by atoms with van der Waals surface area (Å²) < 4.78 is 0. The number of carbonyl (C=O) groups is 1. The number of nitrogens with one attached hydrogen (secondary N) is 2. The molecule has 3 rings (SSSR count). The molecule has 0 bridgehead atoms. The van der Waals surface area contributed by atoms with Crippen LogP contribution in [0, 0.1) is 16.0 Å². The monoisotopic (exact) mass is 382 g/mol. The smallest absolute Gasteiger partial charge is 0.270 e. The molecule has 1 aliphatic heterocycles. The summed E-state index contributed by atoms with van der Waals surface area (Å²) in [6, 6.07) is 6.16. The highest BCUT2D eigenvalue weighted by atomic mass is 35.5. The first-order chi connectivity index (χ1) is 11.6. The van der Waals surface area contributed by atoms with Crippen molar-refractivity contribution in [1.29, 1.82) is 0 Å². The van der Waals surface area contributed by atoms with Crippen LogP contribution in [-0.4, -0.2) is 35.4 Å². The summed E-state index contributed by atoms with van der Waals surface area (Å²) in [5, 5.41) is 19.3. The van der Waals surface area contributed by atoms with Gasteiger partial charge < -0.3 is 10.6 Å². The number of carbonyl (C=O) groups excluding carboxylic acids is 1. The second-order valence-corrected chi connectivity index (χ2v) is 6.62. The topological polar surface area (TPSA) is 97.2 Å². The van der Waals surface area contributed by atoms with E-state index in [4.69, 9.17) is 0 Å². The van der Waals surface area contributed by atoms with Crippen molar-refractivity contribution < 1.29 is 9.72 Å². The summed E-state index contributed by atoms with van der Waals surface area (Å²) in [6.07, 6.45) is 2.26. The lowest BCUT2D eigenvalue weighted by atomic mass is 10.00. The third kappa shape index (κ3) is 4.97. The van der Waals surface area contributed by atoms with Crippen LogP contribution in [0.3, 0.4) is 0 Å². The van der Waals surface area contributed by atoms with E-state index in [1.54, 1.807) is 17.5 Å². The van der Waals surface area contributed by atoms with E-state index in [0.717, 1.165) is 31.5 Å². The number of hydrogen-bond donors (Lipinski definition) is 2. The predicted octanol–water partition coefficient (Wildman–Crippen LogP) is 2.87. The van der Waals surface area contributed by atoms with Crippen molar-refractivity contribution in [2.75, 3.05) is 19.6 Å². The van der Waals surface area contributed by atoms with Gasteiger partial charge in [0.1, 0.15) is 10.7 Å². The molecule has 1 aliphatic rings. The Morgan fingerprint density at radius 3 is 2.80 bits per heavy atom. The molecule has 1 unspecified atom stereocenters. The van der Waals surface area contributed by atoms with Crippen molar-refractivity contribution in [3.8, 4) is 10.6 Å². The van der Waals surface area contributed by atoms with Crippen molar-refractivity contribution in [2.24, 2.45) is 5.92 Å².